The highest BCUT2D eigenvalue weighted by atomic mass is 35.5. The Labute approximate surface area is 234 Å². The zero-order valence-electron chi connectivity index (χ0n) is 21.6. The lowest BCUT2D eigenvalue weighted by Gasteiger charge is -2.35. The number of aromatic hydroxyl groups is 1. The summed E-state index contributed by atoms with van der Waals surface area (Å²) in [6, 6.07) is 13.5. The van der Waals surface area contributed by atoms with Crippen molar-refractivity contribution >= 4 is 51.3 Å². The van der Waals surface area contributed by atoms with Crippen LogP contribution in [0.5, 0.6) is 11.8 Å². The first-order valence-electron chi connectivity index (χ1n) is 12.3. The second-order valence-electron chi connectivity index (χ2n) is 8.71. The number of rotatable bonds is 6. The van der Waals surface area contributed by atoms with Crippen LogP contribution in [0.4, 0.5) is 10.2 Å². The quantitative estimate of drug-likeness (QED) is 0.261. The monoisotopic (exact) mass is 561 g/mol. The standard InChI is InChI=1S/C27H22ClFN4O4.C2H3N/c1-2-22(36)32-7-9-33(10-8-32)26-20-15-21(28)23(24(29)25(20)30-27(31-26)37-12-11-34)19-14-17(35)13-16-5-3-4-6-18(16)19;1-2-3/h2-6,11,13-15,35H,1,7-10,12H2;1H3. The molecule has 0 bridgehead atoms. The first kappa shape index (κ1) is 28.3. The van der Waals surface area contributed by atoms with Gasteiger partial charge in [0.05, 0.1) is 11.1 Å². The molecule has 1 aromatic heterocycles. The number of nitrogens with zero attached hydrogens (tertiary/aromatic N) is 5. The number of aromatic nitrogens is 2. The van der Waals surface area contributed by atoms with Gasteiger partial charge in [0, 0.05) is 44.1 Å². The van der Waals surface area contributed by atoms with E-state index >= 15 is 4.39 Å². The topological polar surface area (TPSA) is 120 Å². The van der Waals surface area contributed by atoms with E-state index in [0.717, 1.165) is 5.39 Å². The summed E-state index contributed by atoms with van der Waals surface area (Å²) in [6.45, 7) is 6.36. The fourth-order valence-electron chi connectivity index (χ4n) is 4.59. The van der Waals surface area contributed by atoms with Gasteiger partial charge < -0.3 is 19.6 Å². The summed E-state index contributed by atoms with van der Waals surface area (Å²) in [5.74, 6) is -0.531. The molecule has 1 saturated heterocycles. The van der Waals surface area contributed by atoms with E-state index < -0.39 is 5.82 Å². The zero-order valence-corrected chi connectivity index (χ0v) is 22.4. The van der Waals surface area contributed by atoms with Crippen LogP contribution >= 0.6 is 11.6 Å². The number of halogens is 2. The first-order chi connectivity index (χ1) is 19.3. The summed E-state index contributed by atoms with van der Waals surface area (Å²) < 4.78 is 21.6. The molecule has 1 aliphatic rings. The van der Waals surface area contributed by atoms with E-state index in [1.807, 2.05) is 29.2 Å². The number of ether oxygens (including phenoxy) is 1. The number of phenols is 1. The van der Waals surface area contributed by atoms with Gasteiger partial charge in [0.1, 0.15) is 23.7 Å². The van der Waals surface area contributed by atoms with Crippen molar-refractivity contribution in [1.82, 2.24) is 14.9 Å². The van der Waals surface area contributed by atoms with Gasteiger partial charge in [-0.3, -0.25) is 9.59 Å². The van der Waals surface area contributed by atoms with Crippen LogP contribution in [0.1, 0.15) is 6.92 Å². The second-order valence-corrected chi connectivity index (χ2v) is 9.11. The van der Waals surface area contributed by atoms with Crippen LogP contribution in [0.25, 0.3) is 32.8 Å². The van der Waals surface area contributed by atoms with Crippen molar-refractivity contribution in [3.8, 4) is 29.0 Å². The molecule has 1 N–H and O–H groups in total. The van der Waals surface area contributed by atoms with Crippen LogP contribution in [0.2, 0.25) is 5.02 Å². The molecule has 4 aromatic rings. The summed E-state index contributed by atoms with van der Waals surface area (Å²) in [5.41, 5.74) is 0.447. The molecule has 2 heterocycles. The number of hydrogen-bond donors (Lipinski definition) is 1. The van der Waals surface area contributed by atoms with E-state index in [1.54, 1.807) is 23.1 Å². The smallest absolute Gasteiger partial charge is 0.319 e. The van der Waals surface area contributed by atoms with Crippen LogP contribution < -0.4 is 9.64 Å². The van der Waals surface area contributed by atoms with Crippen LogP contribution in [-0.2, 0) is 9.59 Å². The molecule has 0 unspecified atom stereocenters. The molecule has 0 atom stereocenters. The molecule has 1 fully saturated rings. The first-order valence-corrected chi connectivity index (χ1v) is 12.7. The minimum Gasteiger partial charge on any atom is -0.508 e. The number of anilines is 1. The fraction of sp³-hybridized carbons (Fsp3) is 0.207. The number of phenolic OH excluding ortho intramolecular Hbond substituents is 1. The van der Waals surface area contributed by atoms with E-state index in [0.29, 0.717) is 54.6 Å². The highest BCUT2D eigenvalue weighted by Gasteiger charge is 2.26. The minimum atomic E-state index is -0.710. The molecule has 40 heavy (non-hydrogen) atoms. The highest BCUT2D eigenvalue weighted by molar-refractivity contribution is 6.35. The summed E-state index contributed by atoms with van der Waals surface area (Å²) >= 11 is 6.68. The summed E-state index contributed by atoms with van der Waals surface area (Å²) in [5, 5.41) is 19.5. The average Bonchev–Trinajstić information content (AvgIpc) is 2.96. The number of fused-ring (bicyclic) bond motifs is 2. The van der Waals surface area contributed by atoms with Crippen LogP contribution in [0, 0.1) is 17.1 Å². The molecule has 1 amide bonds. The largest absolute Gasteiger partial charge is 0.508 e. The normalized spacial score (nSPS) is 12.8. The lowest BCUT2D eigenvalue weighted by Crippen LogP contribution is -2.48. The SMILES string of the molecule is C=CC(=O)N1CCN(c2nc(OCC=O)nc3c(F)c(-c4cc(O)cc5ccccc45)c(Cl)cc23)CC1.CC#N. The third kappa shape index (κ3) is 5.65. The van der Waals surface area contributed by atoms with Crippen molar-refractivity contribution in [2.24, 2.45) is 0 Å². The maximum Gasteiger partial charge on any atom is 0.319 e. The van der Waals surface area contributed by atoms with Gasteiger partial charge in [-0.25, -0.2) is 4.39 Å². The van der Waals surface area contributed by atoms with Crippen molar-refractivity contribution in [2.75, 3.05) is 37.7 Å². The van der Waals surface area contributed by atoms with Crippen LogP contribution in [0.3, 0.4) is 0 Å². The predicted molar refractivity (Wildman–Crippen MR) is 151 cm³/mol. The predicted octanol–water partition coefficient (Wildman–Crippen LogP) is 4.89. The third-order valence-electron chi connectivity index (χ3n) is 6.30. The van der Waals surface area contributed by atoms with Gasteiger partial charge in [0.25, 0.3) is 0 Å². The van der Waals surface area contributed by atoms with Gasteiger partial charge in [0.2, 0.25) is 5.91 Å². The molecule has 1 aliphatic heterocycles. The van der Waals surface area contributed by atoms with E-state index in [2.05, 4.69) is 16.5 Å². The van der Waals surface area contributed by atoms with E-state index in [9.17, 15) is 14.7 Å². The maximum atomic E-state index is 16.3. The molecule has 11 heteroatoms. The molecular weight excluding hydrogens is 537 g/mol. The Balaban J connectivity index is 0.00000118. The van der Waals surface area contributed by atoms with Crippen LogP contribution in [-0.4, -0.2) is 65.0 Å². The number of carbonyl (C=O) groups is 2. The number of nitriles is 1. The van der Waals surface area contributed by atoms with Crippen molar-refractivity contribution < 1.29 is 23.8 Å². The average molecular weight is 562 g/mol. The molecule has 9 nitrogen and oxygen atoms in total. The Morgan fingerprint density at radius 2 is 1.90 bits per heavy atom. The number of carbonyl (C=O) groups excluding carboxylic acids is 2. The van der Waals surface area contributed by atoms with Crippen molar-refractivity contribution in [3.63, 3.8) is 0 Å². The molecular formula is C29H25ClFN5O4. The van der Waals surface area contributed by atoms with Gasteiger partial charge in [-0.05, 0) is 40.6 Å². The zero-order chi connectivity index (χ0) is 28.8. The van der Waals surface area contributed by atoms with E-state index in [-0.39, 0.29) is 40.4 Å². The number of benzene rings is 3. The lowest BCUT2D eigenvalue weighted by molar-refractivity contribution is -0.126. The van der Waals surface area contributed by atoms with Gasteiger partial charge >= 0.3 is 6.01 Å². The highest BCUT2D eigenvalue weighted by Crippen LogP contribution is 2.42. The molecule has 0 saturated carbocycles. The Morgan fingerprint density at radius 3 is 2.58 bits per heavy atom. The second kappa shape index (κ2) is 12.4. The van der Waals surface area contributed by atoms with Crippen molar-refractivity contribution in [2.45, 2.75) is 6.92 Å². The fourth-order valence-corrected chi connectivity index (χ4v) is 4.88. The number of piperazine rings is 1. The third-order valence-corrected chi connectivity index (χ3v) is 6.60. The lowest BCUT2D eigenvalue weighted by atomic mass is 9.96. The maximum absolute atomic E-state index is 16.3. The number of amides is 1. The molecule has 0 radical (unpaired) electrons. The van der Waals surface area contributed by atoms with Gasteiger partial charge in [-0.2, -0.15) is 15.2 Å². The minimum absolute atomic E-state index is 0.0328. The van der Waals surface area contributed by atoms with E-state index in [4.69, 9.17) is 21.6 Å². The van der Waals surface area contributed by atoms with Gasteiger partial charge in [-0.15, -0.1) is 0 Å². The Bertz CT molecular complexity index is 1650. The molecule has 5 rings (SSSR count). The molecule has 0 aliphatic carbocycles. The van der Waals surface area contributed by atoms with Crippen molar-refractivity contribution in [3.05, 3.63) is 66.0 Å². The molecule has 3 aromatic carbocycles. The Morgan fingerprint density at radius 1 is 1.20 bits per heavy atom. The summed E-state index contributed by atoms with van der Waals surface area (Å²) in [4.78, 5) is 35.2. The Kier molecular flexibility index (Phi) is 8.76. The van der Waals surface area contributed by atoms with Gasteiger partial charge in [0.15, 0.2) is 12.1 Å². The van der Waals surface area contributed by atoms with Crippen LogP contribution in [0.15, 0.2) is 55.1 Å². The molecule has 204 valence electrons. The number of hydrogen-bond acceptors (Lipinski definition) is 8. The molecule has 0 spiro atoms. The van der Waals surface area contributed by atoms with E-state index in [1.165, 1.54) is 19.1 Å². The summed E-state index contributed by atoms with van der Waals surface area (Å²) in [7, 11) is 0. The van der Waals surface area contributed by atoms with Gasteiger partial charge in [-0.1, -0.05) is 42.4 Å². The summed E-state index contributed by atoms with van der Waals surface area (Å²) in [6.07, 6.45) is 1.82. The number of aldehydes is 1. The van der Waals surface area contributed by atoms with Crippen molar-refractivity contribution in [1.29, 1.82) is 5.26 Å². The Hall–Kier alpha value is -4.75.